The van der Waals surface area contributed by atoms with Crippen molar-refractivity contribution in [2.24, 2.45) is 0 Å². The van der Waals surface area contributed by atoms with Crippen LogP contribution in [0.3, 0.4) is 0 Å². The number of benzene rings is 2. The van der Waals surface area contributed by atoms with Gasteiger partial charge in [0.15, 0.2) is 0 Å². The number of para-hydroxylation sites is 2. The highest BCUT2D eigenvalue weighted by Gasteiger charge is 2.17. The van der Waals surface area contributed by atoms with Crippen LogP contribution in [0.5, 0.6) is 0 Å². The number of nitrogen functional groups attached to an aromatic ring is 1. The highest BCUT2D eigenvalue weighted by Crippen LogP contribution is 2.24. The quantitative estimate of drug-likeness (QED) is 0.468. The zero-order valence-corrected chi connectivity index (χ0v) is 18.9. The number of anilines is 2. The van der Waals surface area contributed by atoms with E-state index in [1.54, 1.807) is 36.4 Å². The first-order chi connectivity index (χ1) is 16.6. The lowest BCUT2D eigenvalue weighted by Crippen LogP contribution is -2.46. The summed E-state index contributed by atoms with van der Waals surface area (Å²) in [4.78, 5) is 21.7. The van der Waals surface area contributed by atoms with Crippen LogP contribution in [0.4, 0.5) is 11.4 Å². The zero-order valence-electron chi connectivity index (χ0n) is 18.9. The zero-order chi connectivity index (χ0) is 23.9. The van der Waals surface area contributed by atoms with Gasteiger partial charge in [-0.2, -0.15) is 5.26 Å². The van der Waals surface area contributed by atoms with Gasteiger partial charge in [-0.05, 0) is 35.9 Å². The van der Waals surface area contributed by atoms with Gasteiger partial charge in [-0.3, -0.25) is 19.6 Å². The van der Waals surface area contributed by atoms with Gasteiger partial charge in [0.2, 0.25) is 0 Å². The molecule has 0 radical (unpaired) electrons. The van der Waals surface area contributed by atoms with Gasteiger partial charge in [0, 0.05) is 56.6 Å². The number of aliphatic hydroxyl groups is 1. The molecule has 4 rings (SSSR count). The number of carbonyl (C=O) groups excluding carboxylic acids is 1. The van der Waals surface area contributed by atoms with Crippen molar-refractivity contribution in [1.29, 1.82) is 5.26 Å². The van der Waals surface area contributed by atoms with Crippen LogP contribution in [-0.2, 0) is 6.54 Å². The van der Waals surface area contributed by atoms with Gasteiger partial charge in [0.25, 0.3) is 5.91 Å². The maximum Gasteiger partial charge on any atom is 0.255 e. The Hall–Kier alpha value is -3.77. The lowest BCUT2D eigenvalue weighted by molar-refractivity contribution is 0.102. The number of aliphatic hydroxyl groups excluding tert-OH is 1. The van der Waals surface area contributed by atoms with Crippen LogP contribution in [0, 0.1) is 11.3 Å². The second-order valence-corrected chi connectivity index (χ2v) is 8.31. The Morgan fingerprint density at radius 2 is 1.79 bits per heavy atom. The van der Waals surface area contributed by atoms with Crippen molar-refractivity contribution in [2.75, 3.05) is 50.4 Å². The van der Waals surface area contributed by atoms with E-state index in [4.69, 9.17) is 10.8 Å². The van der Waals surface area contributed by atoms with E-state index in [0.29, 0.717) is 34.7 Å². The molecule has 2 aromatic carbocycles. The summed E-state index contributed by atoms with van der Waals surface area (Å²) in [7, 11) is 0. The first kappa shape index (κ1) is 23.4. The molecule has 8 nitrogen and oxygen atoms in total. The van der Waals surface area contributed by atoms with E-state index in [0.717, 1.165) is 43.9 Å². The smallest absolute Gasteiger partial charge is 0.255 e. The molecule has 0 atom stereocenters. The summed E-state index contributed by atoms with van der Waals surface area (Å²) in [6.45, 7) is 5.32. The predicted octanol–water partition coefficient (Wildman–Crippen LogP) is 2.56. The number of nitrogens with two attached hydrogens (primary N) is 1. The van der Waals surface area contributed by atoms with Crippen LogP contribution < -0.4 is 11.1 Å². The third kappa shape index (κ3) is 5.58. The molecule has 0 saturated carbocycles. The molecule has 1 aliphatic rings. The number of nitrogens with one attached hydrogen (secondary N) is 1. The van der Waals surface area contributed by atoms with E-state index in [-0.39, 0.29) is 12.5 Å². The average Bonchev–Trinajstić information content (AvgIpc) is 2.87. The number of aromatic nitrogens is 1. The highest BCUT2D eigenvalue weighted by atomic mass is 16.3. The van der Waals surface area contributed by atoms with E-state index in [1.807, 2.05) is 24.4 Å². The molecule has 34 heavy (non-hydrogen) atoms. The van der Waals surface area contributed by atoms with Crippen molar-refractivity contribution in [2.45, 2.75) is 6.54 Å². The van der Waals surface area contributed by atoms with Gasteiger partial charge in [-0.1, -0.05) is 24.3 Å². The van der Waals surface area contributed by atoms with E-state index in [9.17, 15) is 10.1 Å². The molecule has 2 heterocycles. The summed E-state index contributed by atoms with van der Waals surface area (Å²) in [6, 6.07) is 18.3. The first-order valence-electron chi connectivity index (χ1n) is 11.3. The molecule has 0 bridgehead atoms. The third-order valence-electron chi connectivity index (χ3n) is 5.98. The largest absolute Gasteiger partial charge is 0.397 e. The minimum absolute atomic E-state index is 0.185. The molecule has 1 saturated heterocycles. The molecule has 8 heteroatoms. The van der Waals surface area contributed by atoms with Crippen molar-refractivity contribution >= 4 is 17.3 Å². The van der Waals surface area contributed by atoms with Gasteiger partial charge in [0.05, 0.1) is 29.2 Å². The molecule has 1 fully saturated rings. The van der Waals surface area contributed by atoms with Gasteiger partial charge < -0.3 is 16.2 Å². The molecule has 3 aromatic rings. The van der Waals surface area contributed by atoms with Crippen LogP contribution >= 0.6 is 0 Å². The van der Waals surface area contributed by atoms with E-state index in [1.165, 1.54) is 0 Å². The molecular formula is C26H28N6O2. The van der Waals surface area contributed by atoms with Gasteiger partial charge >= 0.3 is 0 Å². The Morgan fingerprint density at radius 1 is 1.09 bits per heavy atom. The van der Waals surface area contributed by atoms with Crippen molar-refractivity contribution < 1.29 is 9.90 Å². The molecule has 1 amide bonds. The van der Waals surface area contributed by atoms with Crippen molar-refractivity contribution in [3.05, 3.63) is 77.5 Å². The second kappa shape index (κ2) is 10.9. The normalized spacial score (nSPS) is 14.5. The number of hydrogen-bond donors (Lipinski definition) is 3. The number of rotatable bonds is 7. The van der Waals surface area contributed by atoms with Crippen molar-refractivity contribution in [3.63, 3.8) is 0 Å². The lowest BCUT2D eigenvalue weighted by atomic mass is 10.0. The number of nitrogens with zero attached hydrogens (tertiary/aromatic N) is 4. The van der Waals surface area contributed by atoms with Crippen LogP contribution in [-0.4, -0.2) is 65.1 Å². The van der Waals surface area contributed by atoms with Gasteiger partial charge in [-0.15, -0.1) is 0 Å². The summed E-state index contributed by atoms with van der Waals surface area (Å²) in [5, 5.41) is 21.6. The van der Waals surface area contributed by atoms with Crippen LogP contribution in [0.15, 0.2) is 60.8 Å². The Labute approximate surface area is 199 Å². The Kier molecular flexibility index (Phi) is 7.50. The summed E-state index contributed by atoms with van der Waals surface area (Å²) < 4.78 is 0. The molecule has 4 N–H and O–H groups in total. The topological polar surface area (TPSA) is 119 Å². The number of nitriles is 1. The molecule has 1 aromatic heterocycles. The first-order valence-corrected chi connectivity index (χ1v) is 11.3. The monoisotopic (exact) mass is 456 g/mol. The predicted molar refractivity (Wildman–Crippen MR) is 132 cm³/mol. The molecule has 0 aliphatic carbocycles. The van der Waals surface area contributed by atoms with E-state index in [2.05, 4.69) is 26.2 Å². The maximum absolute atomic E-state index is 12.6. The molecule has 0 unspecified atom stereocenters. The molecule has 0 spiro atoms. The Morgan fingerprint density at radius 3 is 2.47 bits per heavy atom. The van der Waals surface area contributed by atoms with Gasteiger partial charge in [0.1, 0.15) is 6.07 Å². The third-order valence-corrected chi connectivity index (χ3v) is 5.98. The fourth-order valence-corrected chi connectivity index (χ4v) is 4.07. The lowest BCUT2D eigenvalue weighted by Gasteiger charge is -2.34. The second-order valence-electron chi connectivity index (χ2n) is 8.31. The van der Waals surface area contributed by atoms with Crippen LogP contribution in [0.1, 0.15) is 21.5 Å². The fourth-order valence-electron chi connectivity index (χ4n) is 4.07. The average molecular weight is 457 g/mol. The van der Waals surface area contributed by atoms with E-state index >= 15 is 0 Å². The summed E-state index contributed by atoms with van der Waals surface area (Å²) >= 11 is 0. The Bertz CT molecular complexity index is 1180. The van der Waals surface area contributed by atoms with Crippen LogP contribution in [0.25, 0.3) is 11.3 Å². The molecular weight excluding hydrogens is 428 g/mol. The van der Waals surface area contributed by atoms with E-state index < -0.39 is 0 Å². The number of piperazine rings is 1. The summed E-state index contributed by atoms with van der Waals surface area (Å²) in [6.07, 6.45) is 1.81. The van der Waals surface area contributed by atoms with Gasteiger partial charge in [-0.25, -0.2) is 0 Å². The summed E-state index contributed by atoms with van der Waals surface area (Å²) in [5.74, 6) is -0.257. The number of amides is 1. The number of pyridine rings is 1. The number of hydrogen-bond acceptors (Lipinski definition) is 7. The molecule has 174 valence electrons. The van der Waals surface area contributed by atoms with Crippen molar-refractivity contribution in [1.82, 2.24) is 14.8 Å². The number of β-amino-alcohol motifs (C(OH)–C–C–N with tert-alkyl or cyclic N) is 1. The van der Waals surface area contributed by atoms with Crippen LogP contribution in [0.2, 0.25) is 0 Å². The van der Waals surface area contributed by atoms with Crippen molar-refractivity contribution in [3.8, 4) is 17.3 Å². The minimum atomic E-state index is -0.257. The SMILES string of the molecule is N#Cc1cc(CN2CCN(CCO)CC2)cnc1-c1ccc(C(=O)Nc2ccccc2N)cc1. The standard InChI is InChI=1S/C26H28N6O2/c27-16-22-15-19(18-32-11-9-31(10-12-32)13-14-33)17-29-25(22)20-5-7-21(8-6-20)26(34)30-24-4-2-1-3-23(24)28/h1-8,15,17,33H,9-14,18,28H2,(H,30,34). The highest BCUT2D eigenvalue weighted by molar-refractivity contribution is 6.05. The number of carbonyl (C=O) groups is 1. The minimum Gasteiger partial charge on any atom is -0.397 e. The molecule has 1 aliphatic heterocycles. The Balaban J connectivity index is 1.43. The summed E-state index contributed by atoms with van der Waals surface area (Å²) in [5.41, 5.74) is 10.3. The maximum atomic E-state index is 12.6. The fraction of sp³-hybridized carbons (Fsp3) is 0.269.